The normalized spacial score (nSPS) is 10.5. The van der Waals surface area contributed by atoms with E-state index in [4.69, 9.17) is 5.73 Å². The highest BCUT2D eigenvalue weighted by atomic mass is 16.1. The lowest BCUT2D eigenvalue weighted by Crippen LogP contribution is -2.13. The quantitative estimate of drug-likeness (QED) is 0.750. The van der Waals surface area contributed by atoms with E-state index >= 15 is 0 Å². The van der Waals surface area contributed by atoms with Crippen LogP contribution in [-0.4, -0.2) is 17.3 Å². The van der Waals surface area contributed by atoms with Crippen LogP contribution < -0.4 is 5.73 Å². The van der Waals surface area contributed by atoms with Gasteiger partial charge in [-0.2, -0.15) is 0 Å². The van der Waals surface area contributed by atoms with E-state index in [9.17, 15) is 4.79 Å². The molecule has 0 aliphatic rings. The van der Waals surface area contributed by atoms with E-state index in [-0.39, 0.29) is 12.3 Å². The molecule has 2 aromatic rings. The summed E-state index contributed by atoms with van der Waals surface area (Å²) in [5, 5.41) is 2.10. The van der Waals surface area contributed by atoms with Gasteiger partial charge >= 0.3 is 0 Å². The molecule has 3 nitrogen and oxygen atoms in total. The first-order valence-electron chi connectivity index (χ1n) is 4.81. The first kappa shape index (κ1) is 9.80. The largest absolute Gasteiger partial charge is 0.324 e. The summed E-state index contributed by atoms with van der Waals surface area (Å²) in [6, 6.07) is 7.51. The number of rotatable bonds is 2. The van der Waals surface area contributed by atoms with Crippen LogP contribution in [0.25, 0.3) is 10.8 Å². The Kier molecular flexibility index (Phi) is 2.47. The van der Waals surface area contributed by atoms with Gasteiger partial charge in [-0.15, -0.1) is 0 Å². The third kappa shape index (κ3) is 1.74. The number of nitrogens with two attached hydrogens (primary N) is 1. The van der Waals surface area contributed by atoms with Crippen molar-refractivity contribution in [3.05, 3.63) is 41.7 Å². The van der Waals surface area contributed by atoms with Gasteiger partial charge in [0, 0.05) is 22.8 Å². The second kappa shape index (κ2) is 3.79. The van der Waals surface area contributed by atoms with Crippen molar-refractivity contribution in [1.29, 1.82) is 0 Å². The maximum atomic E-state index is 11.4. The van der Waals surface area contributed by atoms with Gasteiger partial charge in [-0.3, -0.25) is 9.78 Å². The van der Waals surface area contributed by atoms with Crippen LogP contribution in [0.15, 0.2) is 30.5 Å². The summed E-state index contributed by atoms with van der Waals surface area (Å²) >= 11 is 0. The lowest BCUT2D eigenvalue weighted by atomic mass is 10.0. The van der Waals surface area contributed by atoms with Gasteiger partial charge in [-0.05, 0) is 24.4 Å². The predicted molar refractivity (Wildman–Crippen MR) is 59.9 cm³/mol. The molecule has 1 aromatic heterocycles. The molecule has 15 heavy (non-hydrogen) atoms. The SMILES string of the molecule is Cc1nccc2ccc(C(=O)CN)cc12. The Balaban J connectivity index is 2.64. The maximum absolute atomic E-state index is 11.4. The highest BCUT2D eigenvalue weighted by molar-refractivity contribution is 6.01. The molecular formula is C12H12N2O. The fourth-order valence-corrected chi connectivity index (χ4v) is 1.61. The monoisotopic (exact) mass is 200 g/mol. The van der Waals surface area contributed by atoms with Gasteiger partial charge in [-0.1, -0.05) is 12.1 Å². The summed E-state index contributed by atoms with van der Waals surface area (Å²) in [7, 11) is 0. The van der Waals surface area contributed by atoms with Crippen molar-refractivity contribution in [3.8, 4) is 0 Å². The molecule has 76 valence electrons. The number of nitrogens with zero attached hydrogens (tertiary/aromatic N) is 1. The number of carbonyl (C=O) groups is 1. The number of hydrogen-bond donors (Lipinski definition) is 1. The number of pyridine rings is 1. The van der Waals surface area contributed by atoms with Crippen LogP contribution in [0, 0.1) is 6.92 Å². The smallest absolute Gasteiger partial charge is 0.176 e. The Morgan fingerprint density at radius 1 is 1.40 bits per heavy atom. The van der Waals surface area contributed by atoms with Crippen molar-refractivity contribution in [2.75, 3.05) is 6.54 Å². The number of Topliss-reactive ketones (excluding diaryl/α,β-unsaturated/α-hetero) is 1. The van der Waals surface area contributed by atoms with Crippen LogP contribution in [0.3, 0.4) is 0 Å². The number of carbonyl (C=O) groups excluding carboxylic acids is 1. The molecule has 2 N–H and O–H groups in total. The maximum Gasteiger partial charge on any atom is 0.176 e. The van der Waals surface area contributed by atoms with E-state index in [1.165, 1.54) is 0 Å². The summed E-state index contributed by atoms with van der Waals surface area (Å²) in [5.41, 5.74) is 6.90. The van der Waals surface area contributed by atoms with Gasteiger partial charge in [-0.25, -0.2) is 0 Å². The van der Waals surface area contributed by atoms with E-state index in [1.807, 2.05) is 25.1 Å². The molecule has 0 aliphatic carbocycles. The molecule has 1 aromatic carbocycles. The van der Waals surface area contributed by atoms with Gasteiger partial charge in [0.1, 0.15) is 0 Å². The number of aryl methyl sites for hydroxylation is 1. The highest BCUT2D eigenvalue weighted by Crippen LogP contribution is 2.18. The zero-order chi connectivity index (χ0) is 10.8. The number of aromatic nitrogens is 1. The number of hydrogen-bond acceptors (Lipinski definition) is 3. The highest BCUT2D eigenvalue weighted by Gasteiger charge is 2.05. The molecule has 1 heterocycles. The van der Waals surface area contributed by atoms with E-state index in [0.29, 0.717) is 5.56 Å². The van der Waals surface area contributed by atoms with Crippen LogP contribution in [0.1, 0.15) is 16.1 Å². The second-order valence-electron chi connectivity index (χ2n) is 3.46. The molecule has 3 heteroatoms. The molecule has 0 unspecified atom stereocenters. The molecule has 0 amide bonds. The third-order valence-corrected chi connectivity index (χ3v) is 2.47. The van der Waals surface area contributed by atoms with E-state index in [1.54, 1.807) is 12.3 Å². The number of ketones is 1. The van der Waals surface area contributed by atoms with Gasteiger partial charge in [0.25, 0.3) is 0 Å². The fraction of sp³-hybridized carbons (Fsp3) is 0.167. The van der Waals surface area contributed by atoms with Gasteiger partial charge in [0.15, 0.2) is 5.78 Å². The van der Waals surface area contributed by atoms with Crippen LogP contribution in [0.5, 0.6) is 0 Å². The zero-order valence-corrected chi connectivity index (χ0v) is 8.53. The van der Waals surface area contributed by atoms with Crippen molar-refractivity contribution in [2.24, 2.45) is 5.73 Å². The topological polar surface area (TPSA) is 56.0 Å². The molecule has 0 atom stereocenters. The molecule has 0 fully saturated rings. The summed E-state index contributed by atoms with van der Waals surface area (Å²) in [4.78, 5) is 15.6. The third-order valence-electron chi connectivity index (χ3n) is 2.47. The fourth-order valence-electron chi connectivity index (χ4n) is 1.61. The Morgan fingerprint density at radius 2 is 2.20 bits per heavy atom. The van der Waals surface area contributed by atoms with E-state index in [0.717, 1.165) is 16.5 Å². The predicted octanol–water partition coefficient (Wildman–Crippen LogP) is 1.68. The minimum Gasteiger partial charge on any atom is -0.324 e. The van der Waals surface area contributed by atoms with Crippen molar-refractivity contribution in [1.82, 2.24) is 4.98 Å². The van der Waals surface area contributed by atoms with Crippen molar-refractivity contribution >= 4 is 16.6 Å². The molecule has 0 bridgehead atoms. The minimum atomic E-state index is -0.0415. The van der Waals surface area contributed by atoms with Gasteiger partial charge in [0.2, 0.25) is 0 Å². The standard InChI is InChI=1S/C12H12N2O/c1-8-11-6-10(12(15)7-13)3-2-9(11)4-5-14-8/h2-6H,7,13H2,1H3. The van der Waals surface area contributed by atoms with Crippen molar-refractivity contribution in [3.63, 3.8) is 0 Å². The Hall–Kier alpha value is -1.74. The number of fused-ring (bicyclic) bond motifs is 1. The molecule has 0 aliphatic heterocycles. The van der Waals surface area contributed by atoms with Crippen molar-refractivity contribution in [2.45, 2.75) is 6.92 Å². The van der Waals surface area contributed by atoms with Crippen LogP contribution >= 0.6 is 0 Å². The first-order valence-corrected chi connectivity index (χ1v) is 4.81. The summed E-state index contributed by atoms with van der Waals surface area (Å²) in [6.07, 6.45) is 1.77. The zero-order valence-electron chi connectivity index (χ0n) is 8.53. The van der Waals surface area contributed by atoms with Crippen LogP contribution in [-0.2, 0) is 0 Å². The molecule has 0 saturated carbocycles. The van der Waals surface area contributed by atoms with Crippen LogP contribution in [0.4, 0.5) is 0 Å². The second-order valence-corrected chi connectivity index (χ2v) is 3.46. The minimum absolute atomic E-state index is 0.0415. The number of benzene rings is 1. The molecule has 2 rings (SSSR count). The van der Waals surface area contributed by atoms with Gasteiger partial charge < -0.3 is 5.73 Å². The average molecular weight is 200 g/mol. The summed E-state index contributed by atoms with van der Waals surface area (Å²) < 4.78 is 0. The Bertz CT molecular complexity index is 520. The molecule has 0 saturated heterocycles. The van der Waals surface area contributed by atoms with Crippen LogP contribution in [0.2, 0.25) is 0 Å². The first-order chi connectivity index (χ1) is 7.22. The van der Waals surface area contributed by atoms with Crippen molar-refractivity contribution < 1.29 is 4.79 Å². The summed E-state index contributed by atoms with van der Waals surface area (Å²) in [6.45, 7) is 1.98. The Labute approximate surface area is 87.9 Å². The molecule has 0 radical (unpaired) electrons. The lowest BCUT2D eigenvalue weighted by Gasteiger charge is -2.03. The molecular weight excluding hydrogens is 188 g/mol. The van der Waals surface area contributed by atoms with E-state index < -0.39 is 0 Å². The average Bonchev–Trinajstić information content (AvgIpc) is 2.28. The van der Waals surface area contributed by atoms with Gasteiger partial charge in [0.05, 0.1) is 6.54 Å². The lowest BCUT2D eigenvalue weighted by molar-refractivity contribution is 0.100. The molecule has 0 spiro atoms. The Morgan fingerprint density at radius 3 is 2.93 bits per heavy atom. The summed E-state index contributed by atoms with van der Waals surface area (Å²) in [5.74, 6) is -0.0415. The van der Waals surface area contributed by atoms with E-state index in [2.05, 4.69) is 4.98 Å².